The molecule has 3 nitrogen and oxygen atoms in total. The van der Waals surface area contributed by atoms with Gasteiger partial charge in [0.05, 0.1) is 12.2 Å². The van der Waals surface area contributed by atoms with Crippen molar-refractivity contribution in [1.82, 2.24) is 10.3 Å². The number of aromatic nitrogens is 1. The van der Waals surface area contributed by atoms with E-state index in [1.165, 1.54) is 0 Å². The normalized spacial score (nSPS) is 11.9. The van der Waals surface area contributed by atoms with Crippen LogP contribution in [0.4, 0.5) is 0 Å². The number of carbonyl (C=O) groups excluding carboxylic acids is 1. The van der Waals surface area contributed by atoms with Crippen molar-refractivity contribution in [3.05, 3.63) is 65.5 Å². The summed E-state index contributed by atoms with van der Waals surface area (Å²) >= 11 is 6.13. The Morgan fingerprint density at radius 2 is 2.00 bits per heavy atom. The summed E-state index contributed by atoms with van der Waals surface area (Å²) in [5.41, 5.74) is 2.70. The molecule has 1 unspecified atom stereocenters. The van der Waals surface area contributed by atoms with Crippen LogP contribution in [0.1, 0.15) is 22.2 Å². The van der Waals surface area contributed by atoms with Crippen LogP contribution in [0, 0.1) is 6.92 Å². The van der Waals surface area contributed by atoms with Crippen LogP contribution in [-0.2, 0) is 11.3 Å². The van der Waals surface area contributed by atoms with E-state index in [0.717, 1.165) is 16.8 Å². The Balaban J connectivity index is 1.97. The number of aryl methyl sites for hydroxylation is 1. The van der Waals surface area contributed by atoms with Crippen LogP contribution in [0.25, 0.3) is 0 Å². The van der Waals surface area contributed by atoms with Gasteiger partial charge in [-0.1, -0.05) is 36.4 Å². The van der Waals surface area contributed by atoms with Gasteiger partial charge in [-0.3, -0.25) is 9.78 Å². The minimum atomic E-state index is -0.676. The Bertz CT molecular complexity index is 557. The number of benzene rings is 1. The highest BCUT2D eigenvalue weighted by molar-refractivity contribution is 6.30. The number of nitrogens with zero attached hydrogens (tertiary/aromatic N) is 1. The van der Waals surface area contributed by atoms with Crippen LogP contribution in [0.5, 0.6) is 0 Å². The summed E-state index contributed by atoms with van der Waals surface area (Å²) in [7, 11) is 0. The van der Waals surface area contributed by atoms with Gasteiger partial charge in [0, 0.05) is 6.20 Å². The van der Waals surface area contributed by atoms with Gasteiger partial charge in [0.2, 0.25) is 5.91 Å². The van der Waals surface area contributed by atoms with E-state index < -0.39 is 5.38 Å². The molecule has 1 N–H and O–H groups in total. The van der Waals surface area contributed by atoms with Crippen molar-refractivity contribution in [2.24, 2.45) is 0 Å². The molecule has 0 aliphatic rings. The van der Waals surface area contributed by atoms with E-state index in [-0.39, 0.29) is 5.91 Å². The molecule has 0 fully saturated rings. The lowest BCUT2D eigenvalue weighted by molar-refractivity contribution is -0.121. The number of hydrogen-bond acceptors (Lipinski definition) is 2. The Labute approximate surface area is 117 Å². The molecule has 1 atom stereocenters. The van der Waals surface area contributed by atoms with Crippen molar-refractivity contribution in [3.8, 4) is 0 Å². The predicted octanol–water partition coefficient (Wildman–Crippen LogP) is 2.99. The zero-order valence-electron chi connectivity index (χ0n) is 10.6. The van der Waals surface area contributed by atoms with E-state index in [9.17, 15) is 4.79 Å². The second-order valence-electron chi connectivity index (χ2n) is 4.26. The third-order valence-corrected chi connectivity index (χ3v) is 3.32. The van der Waals surface area contributed by atoms with Gasteiger partial charge >= 0.3 is 0 Å². The first-order chi connectivity index (χ1) is 9.18. The molecule has 1 aromatic carbocycles. The SMILES string of the molecule is Cc1cccnc1CNC(=O)C(Cl)c1ccccc1. The van der Waals surface area contributed by atoms with Crippen molar-refractivity contribution >= 4 is 17.5 Å². The van der Waals surface area contributed by atoms with Gasteiger partial charge in [0.1, 0.15) is 5.38 Å². The molecule has 4 heteroatoms. The average Bonchev–Trinajstić information content (AvgIpc) is 2.46. The third-order valence-electron chi connectivity index (χ3n) is 2.87. The molecular formula is C15H15ClN2O. The Morgan fingerprint density at radius 3 is 2.68 bits per heavy atom. The smallest absolute Gasteiger partial charge is 0.242 e. The first-order valence-corrected chi connectivity index (χ1v) is 6.49. The van der Waals surface area contributed by atoms with Crippen LogP contribution in [0.2, 0.25) is 0 Å². The monoisotopic (exact) mass is 274 g/mol. The molecule has 0 radical (unpaired) electrons. The van der Waals surface area contributed by atoms with E-state index in [2.05, 4.69) is 10.3 Å². The molecule has 1 amide bonds. The maximum absolute atomic E-state index is 12.0. The van der Waals surface area contributed by atoms with E-state index in [0.29, 0.717) is 6.54 Å². The standard InChI is InChI=1S/C15H15ClN2O/c1-11-6-5-9-17-13(11)10-18-15(19)14(16)12-7-3-2-4-8-12/h2-9,14H,10H2,1H3,(H,18,19). The number of amides is 1. The Kier molecular flexibility index (Phi) is 4.53. The minimum absolute atomic E-state index is 0.210. The number of alkyl halides is 1. The van der Waals surface area contributed by atoms with Gasteiger partial charge in [-0.05, 0) is 24.1 Å². The van der Waals surface area contributed by atoms with Crippen molar-refractivity contribution in [2.75, 3.05) is 0 Å². The fraction of sp³-hybridized carbons (Fsp3) is 0.200. The lowest BCUT2D eigenvalue weighted by Gasteiger charge is -2.11. The average molecular weight is 275 g/mol. The topological polar surface area (TPSA) is 42.0 Å². The molecule has 2 rings (SSSR count). The molecular weight excluding hydrogens is 260 g/mol. The summed E-state index contributed by atoms with van der Waals surface area (Å²) in [4.78, 5) is 16.2. The van der Waals surface area contributed by atoms with E-state index in [4.69, 9.17) is 11.6 Å². The Morgan fingerprint density at radius 1 is 1.26 bits per heavy atom. The van der Waals surface area contributed by atoms with Gasteiger partial charge < -0.3 is 5.32 Å². The number of nitrogens with one attached hydrogen (secondary N) is 1. The number of carbonyl (C=O) groups is 1. The third kappa shape index (κ3) is 3.55. The zero-order chi connectivity index (χ0) is 13.7. The second-order valence-corrected chi connectivity index (χ2v) is 4.69. The van der Waals surface area contributed by atoms with Gasteiger partial charge in [0.15, 0.2) is 0 Å². The predicted molar refractivity (Wildman–Crippen MR) is 75.9 cm³/mol. The maximum atomic E-state index is 12.0. The van der Waals surface area contributed by atoms with Crippen molar-refractivity contribution < 1.29 is 4.79 Å². The minimum Gasteiger partial charge on any atom is -0.349 e. The fourth-order valence-electron chi connectivity index (χ4n) is 1.74. The van der Waals surface area contributed by atoms with Crippen LogP contribution in [0.15, 0.2) is 48.7 Å². The van der Waals surface area contributed by atoms with Gasteiger partial charge in [0.25, 0.3) is 0 Å². The highest BCUT2D eigenvalue weighted by Gasteiger charge is 2.17. The number of hydrogen-bond donors (Lipinski definition) is 1. The summed E-state index contributed by atoms with van der Waals surface area (Å²) in [6.07, 6.45) is 1.71. The Hall–Kier alpha value is -1.87. The van der Waals surface area contributed by atoms with E-state index >= 15 is 0 Å². The molecule has 0 spiro atoms. The quantitative estimate of drug-likeness (QED) is 0.871. The van der Waals surface area contributed by atoms with Crippen molar-refractivity contribution in [1.29, 1.82) is 0 Å². The van der Waals surface area contributed by atoms with E-state index in [1.54, 1.807) is 6.20 Å². The van der Waals surface area contributed by atoms with Crippen molar-refractivity contribution in [3.63, 3.8) is 0 Å². The fourth-order valence-corrected chi connectivity index (χ4v) is 1.96. The number of halogens is 1. The molecule has 0 saturated heterocycles. The summed E-state index contributed by atoms with van der Waals surface area (Å²) < 4.78 is 0. The van der Waals surface area contributed by atoms with Gasteiger partial charge in [-0.2, -0.15) is 0 Å². The summed E-state index contributed by atoms with van der Waals surface area (Å²) in [5.74, 6) is -0.210. The summed E-state index contributed by atoms with van der Waals surface area (Å²) in [5, 5.41) is 2.13. The molecule has 1 aromatic heterocycles. The highest BCUT2D eigenvalue weighted by Crippen LogP contribution is 2.20. The lowest BCUT2D eigenvalue weighted by atomic mass is 10.1. The molecule has 19 heavy (non-hydrogen) atoms. The molecule has 0 saturated carbocycles. The van der Waals surface area contributed by atoms with Crippen LogP contribution in [0.3, 0.4) is 0 Å². The summed E-state index contributed by atoms with van der Waals surface area (Å²) in [6, 6.07) is 13.1. The molecule has 0 bridgehead atoms. The number of rotatable bonds is 4. The number of pyridine rings is 1. The first-order valence-electron chi connectivity index (χ1n) is 6.05. The maximum Gasteiger partial charge on any atom is 0.242 e. The first kappa shape index (κ1) is 13.6. The largest absolute Gasteiger partial charge is 0.349 e. The lowest BCUT2D eigenvalue weighted by Crippen LogP contribution is -2.27. The van der Waals surface area contributed by atoms with E-state index in [1.807, 2.05) is 49.4 Å². The van der Waals surface area contributed by atoms with Crippen LogP contribution in [-0.4, -0.2) is 10.9 Å². The van der Waals surface area contributed by atoms with Crippen LogP contribution < -0.4 is 5.32 Å². The molecule has 98 valence electrons. The van der Waals surface area contributed by atoms with Gasteiger partial charge in [-0.25, -0.2) is 0 Å². The van der Waals surface area contributed by atoms with Crippen molar-refractivity contribution in [2.45, 2.75) is 18.8 Å². The molecule has 2 aromatic rings. The second kappa shape index (κ2) is 6.34. The highest BCUT2D eigenvalue weighted by atomic mass is 35.5. The van der Waals surface area contributed by atoms with Crippen LogP contribution >= 0.6 is 11.6 Å². The molecule has 0 aliphatic carbocycles. The zero-order valence-corrected chi connectivity index (χ0v) is 11.4. The molecule has 1 heterocycles. The summed E-state index contributed by atoms with van der Waals surface area (Å²) in [6.45, 7) is 2.35. The molecule has 0 aliphatic heterocycles. The van der Waals surface area contributed by atoms with Gasteiger partial charge in [-0.15, -0.1) is 11.6 Å².